The fourth-order valence-electron chi connectivity index (χ4n) is 3.08. The first kappa shape index (κ1) is 17.9. The van der Waals surface area contributed by atoms with Crippen LogP contribution in [-0.2, 0) is 10.0 Å². The molecule has 1 fully saturated rings. The molecule has 0 aromatic heterocycles. The van der Waals surface area contributed by atoms with E-state index in [1.807, 2.05) is 13.8 Å². The van der Waals surface area contributed by atoms with Crippen molar-refractivity contribution in [2.75, 3.05) is 26.3 Å². The minimum absolute atomic E-state index is 0.130. The Kier molecular flexibility index (Phi) is 4.38. The molecule has 1 aromatic rings. The van der Waals surface area contributed by atoms with E-state index in [9.17, 15) is 18.5 Å². The van der Waals surface area contributed by atoms with Gasteiger partial charge in [-0.2, -0.15) is 4.31 Å². The maximum Gasteiger partial charge on any atom is 0.293 e. The van der Waals surface area contributed by atoms with Crippen LogP contribution in [0, 0.1) is 15.5 Å². The van der Waals surface area contributed by atoms with Gasteiger partial charge in [0, 0.05) is 25.2 Å². The van der Waals surface area contributed by atoms with Crippen molar-refractivity contribution in [3.8, 4) is 11.5 Å². The van der Waals surface area contributed by atoms with Gasteiger partial charge in [0.1, 0.15) is 13.2 Å². The van der Waals surface area contributed by atoms with E-state index in [1.165, 1.54) is 10.4 Å². The van der Waals surface area contributed by atoms with Crippen LogP contribution >= 0.6 is 0 Å². The summed E-state index contributed by atoms with van der Waals surface area (Å²) in [6.45, 7) is 4.71. The highest BCUT2D eigenvalue weighted by Gasteiger charge is 2.41. The minimum atomic E-state index is -4.07. The van der Waals surface area contributed by atoms with Crippen molar-refractivity contribution in [3.63, 3.8) is 0 Å². The summed E-state index contributed by atoms with van der Waals surface area (Å²) in [5.74, 6) is 0.376. The number of nitro groups is 1. The molecule has 1 saturated heterocycles. The van der Waals surface area contributed by atoms with E-state index in [2.05, 4.69) is 0 Å². The molecule has 1 atom stereocenters. The molecule has 0 aliphatic carbocycles. The van der Waals surface area contributed by atoms with E-state index in [0.29, 0.717) is 6.42 Å². The van der Waals surface area contributed by atoms with E-state index >= 15 is 0 Å². The van der Waals surface area contributed by atoms with Gasteiger partial charge in [-0.05, 0) is 11.8 Å². The van der Waals surface area contributed by atoms with Gasteiger partial charge in [-0.15, -0.1) is 0 Å². The molecule has 25 heavy (non-hydrogen) atoms. The lowest BCUT2D eigenvalue weighted by molar-refractivity contribution is -0.388. The second-order valence-electron chi connectivity index (χ2n) is 6.94. The third-order valence-electron chi connectivity index (χ3n) is 4.72. The molecular formula is C15H21N3O6S. The minimum Gasteiger partial charge on any atom is -0.486 e. The van der Waals surface area contributed by atoms with Crippen LogP contribution in [-0.4, -0.2) is 50.0 Å². The van der Waals surface area contributed by atoms with Gasteiger partial charge in [-0.25, -0.2) is 8.42 Å². The Morgan fingerprint density at radius 3 is 2.44 bits per heavy atom. The molecule has 1 aromatic carbocycles. The molecule has 9 nitrogen and oxygen atoms in total. The second-order valence-corrected chi connectivity index (χ2v) is 8.85. The van der Waals surface area contributed by atoms with Crippen molar-refractivity contribution in [1.82, 2.24) is 4.31 Å². The van der Waals surface area contributed by atoms with Crippen molar-refractivity contribution in [2.45, 2.75) is 31.2 Å². The summed E-state index contributed by atoms with van der Waals surface area (Å²) in [4.78, 5) is 10.3. The zero-order valence-corrected chi connectivity index (χ0v) is 14.9. The fraction of sp³-hybridized carbons (Fsp3) is 0.600. The predicted molar refractivity (Wildman–Crippen MR) is 89.2 cm³/mol. The van der Waals surface area contributed by atoms with Crippen molar-refractivity contribution in [3.05, 3.63) is 22.2 Å². The van der Waals surface area contributed by atoms with Gasteiger partial charge in [0.25, 0.3) is 5.69 Å². The summed E-state index contributed by atoms with van der Waals surface area (Å²) in [7, 11) is -4.07. The van der Waals surface area contributed by atoms with Crippen LogP contribution in [0.2, 0.25) is 0 Å². The Morgan fingerprint density at radius 1 is 1.28 bits per heavy atom. The van der Waals surface area contributed by atoms with E-state index < -0.39 is 26.0 Å². The van der Waals surface area contributed by atoms with Crippen molar-refractivity contribution in [2.24, 2.45) is 11.1 Å². The summed E-state index contributed by atoms with van der Waals surface area (Å²) >= 11 is 0. The number of hydrogen-bond acceptors (Lipinski definition) is 7. The molecule has 2 aliphatic rings. The zero-order valence-electron chi connectivity index (χ0n) is 14.1. The van der Waals surface area contributed by atoms with Crippen molar-refractivity contribution >= 4 is 15.7 Å². The van der Waals surface area contributed by atoms with Gasteiger partial charge in [-0.1, -0.05) is 13.8 Å². The van der Waals surface area contributed by atoms with Crippen molar-refractivity contribution < 1.29 is 22.8 Å². The van der Waals surface area contributed by atoms with E-state index in [0.717, 1.165) is 6.07 Å². The number of sulfonamides is 1. The van der Waals surface area contributed by atoms with E-state index in [4.69, 9.17) is 15.2 Å². The fourth-order valence-corrected chi connectivity index (χ4v) is 4.86. The molecule has 10 heteroatoms. The molecule has 2 heterocycles. The third kappa shape index (κ3) is 3.16. The molecule has 0 amide bonds. The topological polar surface area (TPSA) is 125 Å². The summed E-state index contributed by atoms with van der Waals surface area (Å²) in [6, 6.07) is 2.17. The Morgan fingerprint density at radius 2 is 1.88 bits per heavy atom. The summed E-state index contributed by atoms with van der Waals surface area (Å²) in [5, 5.41) is 11.4. The number of benzene rings is 1. The van der Waals surface area contributed by atoms with Crippen LogP contribution in [0.15, 0.2) is 17.0 Å². The smallest absolute Gasteiger partial charge is 0.293 e. The second kappa shape index (κ2) is 6.11. The van der Waals surface area contributed by atoms with Crippen LogP contribution in [0.1, 0.15) is 20.3 Å². The Balaban J connectivity index is 2.06. The number of piperidine rings is 1. The predicted octanol–water partition coefficient (Wildman–Crippen LogP) is 1.11. The van der Waals surface area contributed by atoms with Gasteiger partial charge in [-0.3, -0.25) is 10.1 Å². The Labute approximate surface area is 145 Å². The molecule has 138 valence electrons. The molecule has 2 aliphatic heterocycles. The zero-order chi connectivity index (χ0) is 18.4. The molecule has 0 saturated carbocycles. The SMILES string of the molecule is CC1(C)CN(S(=O)(=O)c2cc3c(cc2[N+](=O)[O-])OCCO3)CCC1N. The van der Waals surface area contributed by atoms with Gasteiger partial charge in [0.05, 0.1) is 11.0 Å². The maximum absolute atomic E-state index is 13.1. The lowest BCUT2D eigenvalue weighted by atomic mass is 9.81. The highest BCUT2D eigenvalue weighted by Crippen LogP contribution is 2.41. The number of ether oxygens (including phenoxy) is 2. The largest absolute Gasteiger partial charge is 0.486 e. The molecular weight excluding hydrogens is 350 g/mol. The first-order chi connectivity index (χ1) is 11.6. The third-order valence-corrected chi connectivity index (χ3v) is 6.59. The Bertz CT molecular complexity index is 808. The summed E-state index contributed by atoms with van der Waals surface area (Å²) < 4.78 is 38.1. The number of nitro benzene ring substituents is 1. The number of nitrogens with two attached hydrogens (primary N) is 1. The summed E-state index contributed by atoms with van der Waals surface area (Å²) in [6.07, 6.45) is 0.491. The summed E-state index contributed by atoms with van der Waals surface area (Å²) in [5.41, 5.74) is 5.12. The number of hydrogen-bond donors (Lipinski definition) is 1. The molecule has 3 rings (SSSR count). The lowest BCUT2D eigenvalue weighted by Gasteiger charge is -2.41. The van der Waals surface area contributed by atoms with Crippen LogP contribution in [0.5, 0.6) is 11.5 Å². The van der Waals surface area contributed by atoms with E-state index in [1.54, 1.807) is 0 Å². The van der Waals surface area contributed by atoms with Gasteiger partial charge >= 0.3 is 0 Å². The van der Waals surface area contributed by atoms with Crippen molar-refractivity contribution in [1.29, 1.82) is 0 Å². The molecule has 0 radical (unpaired) electrons. The monoisotopic (exact) mass is 371 g/mol. The standard InChI is InChI=1S/C15H21N3O6S/c1-15(2)9-17(4-3-14(15)16)25(21,22)13-8-12-11(23-5-6-24-12)7-10(13)18(19)20/h7-8,14H,3-6,9,16H2,1-2H3. The normalized spacial score (nSPS) is 23.2. The van der Waals surface area contributed by atoms with Crippen LogP contribution < -0.4 is 15.2 Å². The number of fused-ring (bicyclic) bond motifs is 1. The number of nitrogens with zero attached hydrogens (tertiary/aromatic N) is 2. The lowest BCUT2D eigenvalue weighted by Crippen LogP contribution is -2.53. The quantitative estimate of drug-likeness (QED) is 0.623. The Hall–Kier alpha value is -1.91. The molecule has 0 spiro atoms. The highest BCUT2D eigenvalue weighted by atomic mass is 32.2. The highest BCUT2D eigenvalue weighted by molar-refractivity contribution is 7.89. The number of rotatable bonds is 3. The first-order valence-corrected chi connectivity index (χ1v) is 9.41. The molecule has 1 unspecified atom stereocenters. The maximum atomic E-state index is 13.1. The molecule has 0 bridgehead atoms. The van der Waals surface area contributed by atoms with Crippen LogP contribution in [0.25, 0.3) is 0 Å². The van der Waals surface area contributed by atoms with E-state index in [-0.39, 0.29) is 48.7 Å². The molecule has 2 N–H and O–H groups in total. The van der Waals surface area contributed by atoms with Gasteiger partial charge < -0.3 is 15.2 Å². The van der Waals surface area contributed by atoms with Gasteiger partial charge in [0.15, 0.2) is 16.4 Å². The van der Waals surface area contributed by atoms with Gasteiger partial charge in [0.2, 0.25) is 10.0 Å². The average Bonchev–Trinajstić information content (AvgIpc) is 2.55. The first-order valence-electron chi connectivity index (χ1n) is 7.97. The van der Waals surface area contributed by atoms with Crippen LogP contribution in [0.3, 0.4) is 0 Å². The van der Waals surface area contributed by atoms with Crippen LogP contribution in [0.4, 0.5) is 5.69 Å². The average molecular weight is 371 g/mol.